The zero-order valence-corrected chi connectivity index (χ0v) is 18.8. The molecule has 176 valence electrons. The number of anilines is 1. The molecule has 1 aromatic carbocycles. The van der Waals surface area contributed by atoms with Crippen LogP contribution in [0.1, 0.15) is 30.6 Å². The normalized spacial score (nSPS) is 29.5. The molecule has 0 aliphatic carbocycles. The van der Waals surface area contributed by atoms with Crippen LogP contribution in [0.2, 0.25) is 0 Å². The van der Waals surface area contributed by atoms with Crippen molar-refractivity contribution in [2.75, 3.05) is 11.9 Å². The van der Waals surface area contributed by atoms with Crippen LogP contribution in [0.3, 0.4) is 0 Å². The smallest absolute Gasteiger partial charge is 0.353 e. The Morgan fingerprint density at radius 1 is 1.24 bits per heavy atom. The average molecular weight is 476 g/mol. The minimum Gasteiger partial charge on any atom is -0.478 e. The van der Waals surface area contributed by atoms with Crippen molar-refractivity contribution < 1.29 is 34.5 Å². The Bertz CT molecular complexity index is 1060. The van der Waals surface area contributed by atoms with E-state index in [-0.39, 0.29) is 40.3 Å². The standard InChI is InChI=1S/C22H25N3O7S/c1-9-16-15(10(2)26)20(28)25(16)17(22(31)32)18(9)33-13-7-14(23-8-13)19(27)24-12-5-3-4-11(6-12)21(29)30/h3-6,9-10,13-16,23,26H,7-8H2,1-2H3,(H,24,27)(H,29,30)(H,31,32)/t9-,10-,13+,14+,15?,16?/m1/s1. The molecule has 3 heterocycles. The number of rotatable bonds is 7. The summed E-state index contributed by atoms with van der Waals surface area (Å²) in [4.78, 5) is 50.1. The second-order valence-electron chi connectivity index (χ2n) is 8.58. The molecule has 3 aliphatic heterocycles. The summed E-state index contributed by atoms with van der Waals surface area (Å²) in [6, 6.07) is 5.07. The number of aliphatic carboxylic acids is 1. The van der Waals surface area contributed by atoms with E-state index in [1.54, 1.807) is 12.1 Å². The number of hydrogen-bond acceptors (Lipinski definition) is 7. The molecule has 11 heteroatoms. The minimum absolute atomic E-state index is 0.0298. The van der Waals surface area contributed by atoms with Gasteiger partial charge in [-0.1, -0.05) is 13.0 Å². The number of fused-ring (bicyclic) bond motifs is 1. The first-order valence-corrected chi connectivity index (χ1v) is 11.5. The molecular weight excluding hydrogens is 450 g/mol. The molecule has 1 aromatic rings. The molecule has 0 bridgehead atoms. The van der Waals surface area contributed by atoms with Gasteiger partial charge in [-0.05, 0) is 31.5 Å². The van der Waals surface area contributed by atoms with Gasteiger partial charge < -0.3 is 30.9 Å². The van der Waals surface area contributed by atoms with Gasteiger partial charge in [0.1, 0.15) is 5.70 Å². The minimum atomic E-state index is -1.18. The Morgan fingerprint density at radius 3 is 2.61 bits per heavy atom. The number of amides is 2. The summed E-state index contributed by atoms with van der Waals surface area (Å²) in [5, 5.41) is 34.6. The lowest BCUT2D eigenvalue weighted by molar-refractivity contribution is -0.163. The monoisotopic (exact) mass is 475 g/mol. The van der Waals surface area contributed by atoms with Crippen molar-refractivity contribution in [3.63, 3.8) is 0 Å². The van der Waals surface area contributed by atoms with Crippen LogP contribution in [0.4, 0.5) is 5.69 Å². The van der Waals surface area contributed by atoms with Crippen LogP contribution in [0.25, 0.3) is 0 Å². The lowest BCUT2D eigenvalue weighted by Crippen LogP contribution is -2.63. The van der Waals surface area contributed by atoms with Gasteiger partial charge in [0.15, 0.2) is 0 Å². The van der Waals surface area contributed by atoms with E-state index in [1.807, 2.05) is 6.92 Å². The van der Waals surface area contributed by atoms with Crippen molar-refractivity contribution in [2.45, 2.75) is 43.7 Å². The van der Waals surface area contributed by atoms with E-state index in [1.165, 1.54) is 35.7 Å². The number of hydrogen-bond donors (Lipinski definition) is 5. The Hall–Kier alpha value is -2.89. The first-order chi connectivity index (χ1) is 15.6. The topological polar surface area (TPSA) is 156 Å². The van der Waals surface area contributed by atoms with Crippen molar-refractivity contribution in [3.8, 4) is 0 Å². The number of carboxylic acids is 2. The predicted octanol–water partition coefficient (Wildman–Crippen LogP) is 0.941. The molecule has 2 unspecified atom stereocenters. The van der Waals surface area contributed by atoms with E-state index in [9.17, 15) is 29.4 Å². The molecule has 2 fully saturated rings. The van der Waals surface area contributed by atoms with Crippen LogP contribution in [0.15, 0.2) is 34.9 Å². The van der Waals surface area contributed by atoms with Gasteiger partial charge in [-0.2, -0.15) is 0 Å². The molecule has 6 atom stereocenters. The van der Waals surface area contributed by atoms with Crippen molar-refractivity contribution in [1.82, 2.24) is 10.2 Å². The molecule has 0 spiro atoms. The molecule has 0 radical (unpaired) electrons. The largest absolute Gasteiger partial charge is 0.478 e. The van der Waals surface area contributed by atoms with E-state index < -0.39 is 30.0 Å². The summed E-state index contributed by atoms with van der Waals surface area (Å²) in [6.45, 7) is 3.87. The fraction of sp³-hybridized carbons (Fsp3) is 0.455. The van der Waals surface area contributed by atoms with Gasteiger partial charge in [0.05, 0.1) is 29.7 Å². The zero-order valence-electron chi connectivity index (χ0n) is 18.0. The highest BCUT2D eigenvalue weighted by Crippen LogP contribution is 2.51. The van der Waals surface area contributed by atoms with Gasteiger partial charge in [0.2, 0.25) is 11.8 Å². The zero-order chi connectivity index (χ0) is 24.0. The van der Waals surface area contributed by atoms with Crippen molar-refractivity contribution in [1.29, 1.82) is 0 Å². The molecule has 33 heavy (non-hydrogen) atoms. The number of aromatic carboxylic acids is 1. The fourth-order valence-corrected chi connectivity index (χ4v) is 6.29. The number of nitrogens with zero attached hydrogens (tertiary/aromatic N) is 1. The Kier molecular flexibility index (Phi) is 6.21. The fourth-order valence-electron chi connectivity index (χ4n) is 4.81. The number of aliphatic hydroxyl groups is 1. The number of nitrogens with one attached hydrogen (secondary N) is 2. The molecule has 0 aromatic heterocycles. The van der Waals surface area contributed by atoms with Gasteiger partial charge in [-0.25, -0.2) is 9.59 Å². The summed E-state index contributed by atoms with van der Waals surface area (Å²) in [6.07, 6.45) is -0.419. The number of β-lactam (4-membered cyclic amide) rings is 1. The number of carbonyl (C=O) groups excluding carboxylic acids is 2. The third kappa shape index (κ3) is 4.11. The van der Waals surface area contributed by atoms with E-state index in [2.05, 4.69) is 10.6 Å². The number of thioether (sulfide) groups is 1. The lowest BCUT2D eigenvalue weighted by atomic mass is 9.79. The maximum atomic E-state index is 12.7. The number of carbonyl (C=O) groups is 4. The molecule has 0 saturated carbocycles. The second kappa shape index (κ2) is 8.81. The molecule has 10 nitrogen and oxygen atoms in total. The second-order valence-corrected chi connectivity index (χ2v) is 9.93. The van der Waals surface area contributed by atoms with Crippen molar-refractivity contribution >= 4 is 41.2 Å². The average Bonchev–Trinajstić information content (AvgIpc) is 3.30. The van der Waals surface area contributed by atoms with Gasteiger partial charge in [-0.15, -0.1) is 11.8 Å². The molecule has 2 amide bonds. The summed E-state index contributed by atoms with van der Waals surface area (Å²) < 4.78 is 0. The maximum Gasteiger partial charge on any atom is 0.353 e. The van der Waals surface area contributed by atoms with Crippen molar-refractivity contribution in [3.05, 3.63) is 40.4 Å². The Morgan fingerprint density at radius 2 is 1.97 bits per heavy atom. The first kappa shape index (κ1) is 23.3. The highest BCUT2D eigenvalue weighted by atomic mass is 32.2. The molecule has 5 N–H and O–H groups in total. The third-order valence-electron chi connectivity index (χ3n) is 6.39. The van der Waals surface area contributed by atoms with Gasteiger partial charge in [-0.3, -0.25) is 9.59 Å². The summed E-state index contributed by atoms with van der Waals surface area (Å²) in [7, 11) is 0. The lowest BCUT2D eigenvalue weighted by Gasteiger charge is -2.46. The van der Waals surface area contributed by atoms with Crippen LogP contribution < -0.4 is 10.6 Å². The van der Waals surface area contributed by atoms with Crippen LogP contribution in [-0.2, 0) is 14.4 Å². The summed E-state index contributed by atoms with van der Waals surface area (Å²) >= 11 is 1.36. The maximum absolute atomic E-state index is 12.7. The highest BCUT2D eigenvalue weighted by molar-refractivity contribution is 8.03. The van der Waals surface area contributed by atoms with Crippen molar-refractivity contribution in [2.24, 2.45) is 11.8 Å². The summed E-state index contributed by atoms with van der Waals surface area (Å²) in [5.74, 6) is -3.79. The Labute approximate surface area is 194 Å². The third-order valence-corrected chi connectivity index (χ3v) is 7.90. The molecule has 3 aliphatic rings. The van der Waals surface area contributed by atoms with E-state index >= 15 is 0 Å². The van der Waals surface area contributed by atoms with Gasteiger partial charge in [0.25, 0.3) is 0 Å². The van der Waals surface area contributed by atoms with Gasteiger partial charge >= 0.3 is 11.9 Å². The Balaban J connectivity index is 1.43. The highest BCUT2D eigenvalue weighted by Gasteiger charge is 2.60. The molecule has 4 rings (SSSR count). The quantitative estimate of drug-likeness (QED) is 0.362. The number of aliphatic hydroxyl groups excluding tert-OH is 1. The van der Waals surface area contributed by atoms with Crippen LogP contribution in [0.5, 0.6) is 0 Å². The summed E-state index contributed by atoms with van der Waals surface area (Å²) in [5.41, 5.74) is 0.418. The van der Waals surface area contributed by atoms with Gasteiger partial charge in [0, 0.05) is 28.3 Å². The van der Waals surface area contributed by atoms with Crippen LogP contribution >= 0.6 is 11.8 Å². The predicted molar refractivity (Wildman–Crippen MR) is 119 cm³/mol. The van der Waals surface area contributed by atoms with E-state index in [0.717, 1.165) is 0 Å². The first-order valence-electron chi connectivity index (χ1n) is 10.6. The molecule has 2 saturated heterocycles. The van der Waals surface area contributed by atoms with E-state index in [4.69, 9.17) is 5.11 Å². The molecular formula is C22H25N3O7S. The van der Waals surface area contributed by atoms with E-state index in [0.29, 0.717) is 23.6 Å². The number of carboxylic acid groups (broad SMARTS) is 2. The van der Waals surface area contributed by atoms with Crippen LogP contribution in [-0.4, -0.2) is 74.0 Å². The van der Waals surface area contributed by atoms with Crippen LogP contribution in [0, 0.1) is 11.8 Å². The number of benzene rings is 1. The SMILES string of the molecule is C[C@@H](O)C1C(=O)N2C(C(=O)O)=C(S[C@@H]3CN[C@H](C(=O)Nc4cccc(C(=O)O)c4)C3)[C@H](C)C12.